The topological polar surface area (TPSA) is 41.1 Å². The smallest absolute Gasteiger partial charge is 0.251 e. The molecular formula is C20H24N2O. The Hall–Kier alpha value is -2.13. The fourth-order valence-corrected chi connectivity index (χ4v) is 3.05. The van der Waals surface area contributed by atoms with E-state index < -0.39 is 0 Å². The summed E-state index contributed by atoms with van der Waals surface area (Å²) in [5, 5.41) is 6.47. The van der Waals surface area contributed by atoms with Crippen molar-refractivity contribution in [3.8, 4) is 11.1 Å². The van der Waals surface area contributed by atoms with E-state index in [9.17, 15) is 4.79 Å². The first-order valence-electron chi connectivity index (χ1n) is 8.31. The van der Waals surface area contributed by atoms with Gasteiger partial charge in [0.15, 0.2) is 0 Å². The highest BCUT2D eigenvalue weighted by Crippen LogP contribution is 2.27. The first kappa shape index (κ1) is 15.8. The molecule has 23 heavy (non-hydrogen) atoms. The van der Waals surface area contributed by atoms with Crippen molar-refractivity contribution in [3.63, 3.8) is 0 Å². The Morgan fingerprint density at radius 2 is 1.61 bits per heavy atom. The predicted molar refractivity (Wildman–Crippen MR) is 94.4 cm³/mol. The Labute approximate surface area is 138 Å². The molecule has 1 amide bonds. The van der Waals surface area contributed by atoms with E-state index in [-0.39, 0.29) is 11.3 Å². The van der Waals surface area contributed by atoms with Crippen molar-refractivity contribution >= 4 is 5.91 Å². The van der Waals surface area contributed by atoms with Crippen molar-refractivity contribution in [2.45, 2.75) is 19.8 Å². The molecule has 2 aromatic carbocycles. The van der Waals surface area contributed by atoms with Gasteiger partial charge >= 0.3 is 0 Å². The van der Waals surface area contributed by atoms with Crippen LogP contribution in [0.3, 0.4) is 0 Å². The molecule has 1 aliphatic rings. The monoisotopic (exact) mass is 308 g/mol. The van der Waals surface area contributed by atoms with Crippen LogP contribution in [0, 0.1) is 5.41 Å². The lowest BCUT2D eigenvalue weighted by Crippen LogP contribution is -2.42. The highest BCUT2D eigenvalue weighted by molar-refractivity contribution is 5.94. The van der Waals surface area contributed by atoms with Crippen molar-refractivity contribution in [2.24, 2.45) is 5.41 Å². The zero-order chi connectivity index (χ0) is 16.1. The molecule has 1 fully saturated rings. The van der Waals surface area contributed by atoms with Gasteiger partial charge in [-0.2, -0.15) is 0 Å². The summed E-state index contributed by atoms with van der Waals surface area (Å²) in [5.74, 6) is 0.0179. The van der Waals surface area contributed by atoms with Crippen LogP contribution in [-0.4, -0.2) is 25.5 Å². The zero-order valence-corrected chi connectivity index (χ0v) is 13.6. The summed E-state index contributed by atoms with van der Waals surface area (Å²) in [7, 11) is 0. The van der Waals surface area contributed by atoms with Crippen LogP contribution in [0.4, 0.5) is 0 Å². The van der Waals surface area contributed by atoms with Gasteiger partial charge in [-0.25, -0.2) is 0 Å². The van der Waals surface area contributed by atoms with E-state index in [0.29, 0.717) is 0 Å². The van der Waals surface area contributed by atoms with Crippen LogP contribution in [0.1, 0.15) is 30.1 Å². The summed E-state index contributed by atoms with van der Waals surface area (Å²) in [4.78, 5) is 12.4. The van der Waals surface area contributed by atoms with Gasteiger partial charge in [0.2, 0.25) is 0 Å². The first-order valence-corrected chi connectivity index (χ1v) is 8.31. The number of hydrogen-bond acceptors (Lipinski definition) is 2. The second-order valence-corrected chi connectivity index (χ2v) is 6.69. The highest BCUT2D eigenvalue weighted by atomic mass is 16.1. The third-order valence-corrected chi connectivity index (χ3v) is 4.74. The summed E-state index contributed by atoms with van der Waals surface area (Å²) in [6.45, 7) is 5.08. The Kier molecular flexibility index (Phi) is 4.77. The van der Waals surface area contributed by atoms with E-state index in [1.807, 2.05) is 42.5 Å². The van der Waals surface area contributed by atoms with Gasteiger partial charge in [0.25, 0.3) is 5.91 Å². The van der Waals surface area contributed by atoms with E-state index in [1.54, 1.807) is 0 Å². The van der Waals surface area contributed by atoms with Crippen molar-refractivity contribution in [1.29, 1.82) is 0 Å². The van der Waals surface area contributed by atoms with Gasteiger partial charge in [0.05, 0.1) is 0 Å². The van der Waals surface area contributed by atoms with Gasteiger partial charge in [-0.15, -0.1) is 0 Å². The van der Waals surface area contributed by atoms with Gasteiger partial charge in [-0.1, -0.05) is 49.4 Å². The maximum Gasteiger partial charge on any atom is 0.251 e. The molecule has 0 aromatic heterocycles. The number of carbonyl (C=O) groups is 1. The molecule has 1 saturated heterocycles. The van der Waals surface area contributed by atoms with E-state index in [1.165, 1.54) is 5.56 Å². The van der Waals surface area contributed by atoms with Crippen molar-refractivity contribution in [2.75, 3.05) is 19.6 Å². The van der Waals surface area contributed by atoms with Crippen molar-refractivity contribution in [1.82, 2.24) is 10.6 Å². The third kappa shape index (κ3) is 3.99. The SMILES string of the molecule is CC1(CNC(=O)c2ccc(-c3ccccc3)cc2)CCNCC1. The summed E-state index contributed by atoms with van der Waals surface area (Å²) in [5.41, 5.74) is 3.24. The van der Waals surface area contributed by atoms with Gasteiger partial charge < -0.3 is 10.6 Å². The molecule has 0 saturated carbocycles. The standard InChI is InChI=1S/C20H24N2O/c1-20(11-13-21-14-12-20)15-22-19(23)18-9-7-17(8-10-18)16-5-3-2-4-6-16/h2-10,21H,11-15H2,1H3,(H,22,23). The highest BCUT2D eigenvalue weighted by Gasteiger charge is 2.27. The summed E-state index contributed by atoms with van der Waals surface area (Å²) in [6, 6.07) is 18.0. The van der Waals surface area contributed by atoms with E-state index >= 15 is 0 Å². The number of piperidine rings is 1. The number of carbonyl (C=O) groups excluding carboxylic acids is 1. The largest absolute Gasteiger partial charge is 0.351 e. The molecular weight excluding hydrogens is 284 g/mol. The zero-order valence-electron chi connectivity index (χ0n) is 13.6. The normalized spacial score (nSPS) is 16.7. The maximum absolute atomic E-state index is 12.4. The molecule has 0 radical (unpaired) electrons. The van der Waals surface area contributed by atoms with Crippen molar-refractivity contribution in [3.05, 3.63) is 60.2 Å². The molecule has 120 valence electrons. The first-order chi connectivity index (χ1) is 11.2. The van der Waals surface area contributed by atoms with Crippen LogP contribution in [-0.2, 0) is 0 Å². The minimum atomic E-state index is 0.0179. The second kappa shape index (κ2) is 6.97. The Balaban J connectivity index is 1.61. The number of amides is 1. The Bertz CT molecular complexity index is 643. The maximum atomic E-state index is 12.4. The average Bonchev–Trinajstić information content (AvgIpc) is 2.61. The number of hydrogen-bond donors (Lipinski definition) is 2. The van der Waals surface area contributed by atoms with Crippen LogP contribution in [0.5, 0.6) is 0 Å². The molecule has 3 rings (SSSR count). The average molecular weight is 308 g/mol. The third-order valence-electron chi connectivity index (χ3n) is 4.74. The van der Waals surface area contributed by atoms with Gasteiger partial charge in [-0.05, 0) is 54.6 Å². The van der Waals surface area contributed by atoms with Crippen LogP contribution in [0.25, 0.3) is 11.1 Å². The number of nitrogens with one attached hydrogen (secondary N) is 2. The van der Waals surface area contributed by atoms with Gasteiger partial charge in [0, 0.05) is 12.1 Å². The molecule has 3 nitrogen and oxygen atoms in total. The molecule has 0 bridgehead atoms. The summed E-state index contributed by atoms with van der Waals surface area (Å²) < 4.78 is 0. The fraction of sp³-hybridized carbons (Fsp3) is 0.350. The number of benzene rings is 2. The lowest BCUT2D eigenvalue weighted by molar-refractivity contribution is 0.0922. The molecule has 0 aliphatic carbocycles. The quantitative estimate of drug-likeness (QED) is 0.908. The molecule has 2 N–H and O–H groups in total. The number of rotatable bonds is 4. The molecule has 0 unspecified atom stereocenters. The predicted octanol–water partition coefficient (Wildman–Crippen LogP) is 3.47. The van der Waals surface area contributed by atoms with Gasteiger partial charge in [-0.3, -0.25) is 4.79 Å². The minimum absolute atomic E-state index is 0.0179. The van der Waals surface area contributed by atoms with Crippen LogP contribution < -0.4 is 10.6 Å². The molecule has 0 atom stereocenters. The van der Waals surface area contributed by atoms with Crippen LogP contribution in [0.2, 0.25) is 0 Å². The second-order valence-electron chi connectivity index (χ2n) is 6.69. The van der Waals surface area contributed by atoms with Gasteiger partial charge in [0.1, 0.15) is 0 Å². The van der Waals surface area contributed by atoms with Crippen molar-refractivity contribution < 1.29 is 4.79 Å². The van der Waals surface area contributed by atoms with Crippen LogP contribution in [0.15, 0.2) is 54.6 Å². The fourth-order valence-electron chi connectivity index (χ4n) is 3.05. The molecule has 1 aliphatic heterocycles. The van der Waals surface area contributed by atoms with E-state index in [0.717, 1.165) is 43.6 Å². The van der Waals surface area contributed by atoms with E-state index in [2.05, 4.69) is 29.7 Å². The lowest BCUT2D eigenvalue weighted by atomic mass is 9.81. The minimum Gasteiger partial charge on any atom is -0.351 e. The Morgan fingerprint density at radius 3 is 2.26 bits per heavy atom. The summed E-state index contributed by atoms with van der Waals surface area (Å²) in [6.07, 6.45) is 2.22. The van der Waals surface area contributed by atoms with E-state index in [4.69, 9.17) is 0 Å². The molecule has 0 spiro atoms. The molecule has 2 aromatic rings. The molecule has 3 heteroatoms. The summed E-state index contributed by atoms with van der Waals surface area (Å²) >= 11 is 0. The Morgan fingerprint density at radius 1 is 1.00 bits per heavy atom. The molecule has 1 heterocycles. The van der Waals surface area contributed by atoms with Crippen LogP contribution >= 0.6 is 0 Å². The lowest BCUT2D eigenvalue weighted by Gasteiger charge is -2.34.